The number of esters is 4. The first-order valence-corrected chi connectivity index (χ1v) is 9.91. The van der Waals surface area contributed by atoms with E-state index in [1.807, 2.05) is 0 Å². The highest BCUT2D eigenvalue weighted by Gasteiger charge is 2.48. The lowest BCUT2D eigenvalue weighted by Crippen LogP contribution is -2.47. The van der Waals surface area contributed by atoms with Crippen molar-refractivity contribution in [3.63, 3.8) is 0 Å². The third-order valence-corrected chi connectivity index (χ3v) is 3.05. The van der Waals surface area contributed by atoms with Gasteiger partial charge in [-0.2, -0.15) is 0 Å². The lowest BCUT2D eigenvalue weighted by molar-refractivity contribution is -0.427. The first-order chi connectivity index (χ1) is 15.8. The molecule has 176 valence electrons. The first-order valence-electron chi connectivity index (χ1n) is 9.91. The Labute approximate surface area is 193 Å². The van der Waals surface area contributed by atoms with Crippen LogP contribution in [0.15, 0.2) is 97.2 Å². The van der Waals surface area contributed by atoms with Crippen molar-refractivity contribution in [1.82, 2.24) is 0 Å². The zero-order valence-electron chi connectivity index (χ0n) is 19.0. The Morgan fingerprint density at radius 3 is 0.818 bits per heavy atom. The quantitative estimate of drug-likeness (QED) is 0.185. The topological polar surface area (TPSA) is 105 Å². The van der Waals surface area contributed by atoms with Crippen LogP contribution in [0.4, 0.5) is 0 Å². The fraction of sp³-hybridized carbons (Fsp3) is 0.200. The summed E-state index contributed by atoms with van der Waals surface area (Å²) in [6.07, 6.45) is 18.6. The van der Waals surface area contributed by atoms with E-state index in [1.165, 1.54) is 48.6 Å². The minimum Gasteiger partial charge on any atom is -0.349 e. The third kappa shape index (κ3) is 14.4. The second-order valence-electron chi connectivity index (χ2n) is 5.72. The highest BCUT2D eigenvalue weighted by molar-refractivity contribution is 5.87. The molecule has 33 heavy (non-hydrogen) atoms. The van der Waals surface area contributed by atoms with Gasteiger partial charge in [-0.1, -0.05) is 72.9 Å². The van der Waals surface area contributed by atoms with E-state index >= 15 is 0 Å². The Morgan fingerprint density at radius 1 is 0.424 bits per heavy atom. The number of ether oxygens (including phenoxy) is 4. The van der Waals surface area contributed by atoms with Crippen LogP contribution in [0, 0.1) is 0 Å². The average Bonchev–Trinajstić information content (AvgIpc) is 2.74. The molecule has 0 saturated heterocycles. The average molecular weight is 456 g/mol. The van der Waals surface area contributed by atoms with Gasteiger partial charge in [0.25, 0.3) is 0 Å². The molecule has 8 nitrogen and oxygen atoms in total. The van der Waals surface area contributed by atoms with Gasteiger partial charge in [-0.25, -0.2) is 19.2 Å². The summed E-state index contributed by atoms with van der Waals surface area (Å²) in [5.41, 5.74) is 0. The summed E-state index contributed by atoms with van der Waals surface area (Å²) in [5, 5.41) is 0. The zero-order valence-corrected chi connectivity index (χ0v) is 19.0. The summed E-state index contributed by atoms with van der Waals surface area (Å²) in [4.78, 5) is 49.0. The van der Waals surface area contributed by atoms with Gasteiger partial charge in [-0.05, 0) is 27.7 Å². The maximum Gasteiger partial charge on any atom is 0.620 e. The van der Waals surface area contributed by atoms with Crippen molar-refractivity contribution in [2.75, 3.05) is 0 Å². The molecule has 8 heteroatoms. The lowest BCUT2D eigenvalue weighted by atomic mass is 10.4. The maximum atomic E-state index is 12.3. The molecule has 0 radical (unpaired) electrons. The molecule has 0 unspecified atom stereocenters. The predicted octanol–water partition coefficient (Wildman–Crippen LogP) is 4.30. The lowest BCUT2D eigenvalue weighted by Gasteiger charge is -2.27. The van der Waals surface area contributed by atoms with Crippen molar-refractivity contribution >= 4 is 23.9 Å². The van der Waals surface area contributed by atoms with Crippen molar-refractivity contribution in [1.29, 1.82) is 0 Å². The minimum absolute atomic E-state index is 0.950. The molecule has 0 fully saturated rings. The second-order valence-corrected chi connectivity index (χ2v) is 5.72. The number of carbonyl (C=O) groups excluding carboxylic acids is 4. The Balaban J connectivity index is 6.19. The summed E-state index contributed by atoms with van der Waals surface area (Å²) in [5.74, 6) is -4.47. The second kappa shape index (κ2) is 17.5. The fourth-order valence-electron chi connectivity index (χ4n) is 1.73. The van der Waals surface area contributed by atoms with Crippen molar-refractivity contribution in [3.05, 3.63) is 97.2 Å². The molecule has 0 saturated carbocycles. The molecule has 0 atom stereocenters. The van der Waals surface area contributed by atoms with Crippen molar-refractivity contribution in [2.24, 2.45) is 0 Å². The number of allylic oxidation sites excluding steroid dienone is 12. The van der Waals surface area contributed by atoms with Crippen molar-refractivity contribution < 1.29 is 38.1 Å². The van der Waals surface area contributed by atoms with Crippen LogP contribution < -0.4 is 0 Å². The standard InChI is InChI=1S/C25H28O8/c1-5-9-13-17-21(26)30-25(31-22(27)18-14-10-6-2,32-23(28)19-15-11-7-3)33-24(29)20-16-12-8-4/h5-20H,1-4H3/b9-5+,10-6+,11-7+,12-8+,17-13+,18-14+,19-15+,20-16+. The highest BCUT2D eigenvalue weighted by Crippen LogP contribution is 2.21. The molecular weight excluding hydrogens is 428 g/mol. The van der Waals surface area contributed by atoms with Crippen LogP contribution in [-0.2, 0) is 38.1 Å². The van der Waals surface area contributed by atoms with Gasteiger partial charge in [0.05, 0.1) is 0 Å². The van der Waals surface area contributed by atoms with Gasteiger partial charge in [0.1, 0.15) is 0 Å². The smallest absolute Gasteiger partial charge is 0.349 e. The van der Waals surface area contributed by atoms with E-state index in [1.54, 1.807) is 52.0 Å². The van der Waals surface area contributed by atoms with Crippen molar-refractivity contribution in [2.45, 2.75) is 33.9 Å². The Hall–Kier alpha value is -4.20. The summed E-state index contributed by atoms with van der Waals surface area (Å²) in [7, 11) is 0. The van der Waals surface area contributed by atoms with Gasteiger partial charge in [0, 0.05) is 24.3 Å². The Bertz CT molecular complexity index is 746. The van der Waals surface area contributed by atoms with E-state index in [0.29, 0.717) is 0 Å². The molecule has 0 spiro atoms. The van der Waals surface area contributed by atoms with E-state index in [9.17, 15) is 19.2 Å². The third-order valence-electron chi connectivity index (χ3n) is 3.05. The molecule has 0 aliphatic heterocycles. The molecule has 0 heterocycles. The van der Waals surface area contributed by atoms with Gasteiger partial charge in [0.2, 0.25) is 0 Å². The maximum absolute atomic E-state index is 12.3. The van der Waals surface area contributed by atoms with Crippen molar-refractivity contribution in [3.8, 4) is 0 Å². The molecule has 0 aliphatic carbocycles. The fourth-order valence-corrected chi connectivity index (χ4v) is 1.73. The van der Waals surface area contributed by atoms with Gasteiger partial charge in [0.15, 0.2) is 0 Å². The van der Waals surface area contributed by atoms with E-state index in [2.05, 4.69) is 0 Å². The van der Waals surface area contributed by atoms with E-state index < -0.39 is 30.0 Å². The number of carbonyl (C=O) groups is 4. The molecule has 0 N–H and O–H groups in total. The number of hydrogen-bond acceptors (Lipinski definition) is 8. The highest BCUT2D eigenvalue weighted by atomic mass is 17.0. The monoisotopic (exact) mass is 456 g/mol. The van der Waals surface area contributed by atoms with Gasteiger partial charge in [-0.3, -0.25) is 0 Å². The summed E-state index contributed by atoms with van der Waals surface area (Å²) in [6.45, 7) is 6.88. The molecule has 0 aromatic heterocycles. The van der Waals surface area contributed by atoms with E-state index in [0.717, 1.165) is 24.3 Å². The zero-order chi connectivity index (χ0) is 25.0. The predicted molar refractivity (Wildman–Crippen MR) is 123 cm³/mol. The molecular formula is C25H28O8. The van der Waals surface area contributed by atoms with E-state index in [4.69, 9.17) is 18.9 Å². The minimum atomic E-state index is -3.12. The van der Waals surface area contributed by atoms with Crippen LogP contribution >= 0.6 is 0 Å². The molecule has 0 amide bonds. The Morgan fingerprint density at radius 2 is 0.636 bits per heavy atom. The molecule has 0 aliphatic rings. The first kappa shape index (κ1) is 28.8. The molecule has 0 aromatic rings. The van der Waals surface area contributed by atoms with Crippen LogP contribution in [0.25, 0.3) is 0 Å². The van der Waals surface area contributed by atoms with E-state index in [-0.39, 0.29) is 0 Å². The van der Waals surface area contributed by atoms with Crippen LogP contribution in [-0.4, -0.2) is 30.0 Å². The van der Waals surface area contributed by atoms with Crippen LogP contribution in [0.1, 0.15) is 27.7 Å². The number of hydrogen-bond donors (Lipinski definition) is 0. The summed E-state index contributed by atoms with van der Waals surface area (Å²) in [6, 6.07) is 0. The van der Waals surface area contributed by atoms with Crippen LogP contribution in [0.2, 0.25) is 0 Å². The molecule has 0 rings (SSSR count). The summed E-state index contributed by atoms with van der Waals surface area (Å²) >= 11 is 0. The van der Waals surface area contributed by atoms with Crippen LogP contribution in [0.3, 0.4) is 0 Å². The number of rotatable bonds is 12. The normalized spacial score (nSPS) is 13.0. The Kier molecular flexibility index (Phi) is 15.3. The van der Waals surface area contributed by atoms with Gasteiger partial charge in [-0.15, -0.1) is 0 Å². The SMILES string of the molecule is C/C=C/C=C/C(=O)OC(OC(=O)/C=C/C=C/C)(OC(=O)/C=C/C=C/C)OC(=O)/C=C/C=C/C. The summed E-state index contributed by atoms with van der Waals surface area (Å²) < 4.78 is 19.9. The van der Waals surface area contributed by atoms with Gasteiger partial charge < -0.3 is 18.9 Å². The largest absolute Gasteiger partial charge is 0.620 e. The molecule has 0 bridgehead atoms. The van der Waals surface area contributed by atoms with Crippen LogP contribution in [0.5, 0.6) is 0 Å². The van der Waals surface area contributed by atoms with Gasteiger partial charge >= 0.3 is 30.0 Å². The molecule has 0 aromatic carbocycles.